The number of fused-ring (bicyclic) bond motifs is 1. The zero-order chi connectivity index (χ0) is 22.0. The first-order valence-corrected chi connectivity index (χ1v) is 12.1. The number of piperazine rings is 1. The van der Waals surface area contributed by atoms with Gasteiger partial charge in [-0.25, -0.2) is 0 Å². The van der Waals surface area contributed by atoms with E-state index >= 15 is 0 Å². The first-order valence-electron chi connectivity index (χ1n) is 10.3. The van der Waals surface area contributed by atoms with Crippen LogP contribution in [0.3, 0.4) is 0 Å². The van der Waals surface area contributed by atoms with Crippen LogP contribution in [0.15, 0.2) is 57.8 Å². The zero-order valence-electron chi connectivity index (χ0n) is 17.3. The van der Waals surface area contributed by atoms with Crippen molar-refractivity contribution in [2.24, 2.45) is 10.3 Å². The Bertz CT molecular complexity index is 1090. The molecule has 0 aromatic heterocycles. The fourth-order valence-electron chi connectivity index (χ4n) is 3.95. The average Bonchev–Trinajstić information content (AvgIpc) is 2.74. The number of carbonyl (C=O) groups excluding carboxylic acids is 1. The predicted octanol–water partition coefficient (Wildman–Crippen LogP) is 3.62. The van der Waals surface area contributed by atoms with E-state index < -0.39 is 10.0 Å². The van der Waals surface area contributed by atoms with Crippen LogP contribution in [0.25, 0.3) is 0 Å². The van der Waals surface area contributed by atoms with Gasteiger partial charge in [0.2, 0.25) is 5.91 Å². The van der Waals surface area contributed by atoms with Gasteiger partial charge in [0, 0.05) is 49.7 Å². The number of nitrogens with zero attached hydrogens (tertiary/aromatic N) is 3. The molecule has 2 aromatic rings. The molecule has 0 unspecified atom stereocenters. The third-order valence-corrected chi connectivity index (χ3v) is 7.19. The van der Waals surface area contributed by atoms with Crippen molar-refractivity contribution < 1.29 is 13.2 Å². The largest absolute Gasteiger partial charge is 0.368 e. The van der Waals surface area contributed by atoms with Gasteiger partial charge in [-0.3, -0.25) is 4.79 Å². The Balaban J connectivity index is 1.30. The van der Waals surface area contributed by atoms with Crippen molar-refractivity contribution in [2.75, 3.05) is 36.4 Å². The summed E-state index contributed by atoms with van der Waals surface area (Å²) in [4.78, 5) is 17.1. The number of carbonyl (C=O) groups is 1. The van der Waals surface area contributed by atoms with Crippen molar-refractivity contribution in [1.82, 2.24) is 4.90 Å². The quantitative estimate of drug-likeness (QED) is 0.736. The van der Waals surface area contributed by atoms with Crippen LogP contribution in [0.1, 0.15) is 19.8 Å². The number of para-hydroxylation sites is 1. The number of hydrogen-bond acceptors (Lipinski definition) is 5. The number of amidine groups is 1. The molecule has 0 saturated carbocycles. The third-order valence-electron chi connectivity index (χ3n) is 5.56. The Kier molecular flexibility index (Phi) is 6.20. The monoisotopic (exact) mass is 460 g/mol. The molecule has 2 aliphatic heterocycles. The van der Waals surface area contributed by atoms with Crippen LogP contribution in [-0.2, 0) is 14.8 Å². The Morgan fingerprint density at radius 1 is 1.10 bits per heavy atom. The van der Waals surface area contributed by atoms with E-state index in [1.165, 1.54) is 6.07 Å². The smallest absolute Gasteiger partial charge is 0.286 e. The minimum Gasteiger partial charge on any atom is -0.368 e. The van der Waals surface area contributed by atoms with Crippen LogP contribution in [0.5, 0.6) is 0 Å². The van der Waals surface area contributed by atoms with Crippen molar-refractivity contribution in [2.45, 2.75) is 24.7 Å². The van der Waals surface area contributed by atoms with Gasteiger partial charge in [-0.2, -0.15) is 8.42 Å². The first-order chi connectivity index (χ1) is 14.8. The number of nitrogens with one attached hydrogen (secondary N) is 1. The highest BCUT2D eigenvalue weighted by Gasteiger charge is 2.27. The molecule has 2 aromatic carbocycles. The van der Waals surface area contributed by atoms with Crippen molar-refractivity contribution in [3.63, 3.8) is 0 Å². The summed E-state index contributed by atoms with van der Waals surface area (Å²) in [5.41, 5.74) is 1.64. The Morgan fingerprint density at radius 2 is 1.77 bits per heavy atom. The van der Waals surface area contributed by atoms with E-state index in [1.807, 2.05) is 36.1 Å². The molecule has 0 spiro atoms. The highest BCUT2D eigenvalue weighted by Crippen LogP contribution is 2.28. The van der Waals surface area contributed by atoms with E-state index in [0.29, 0.717) is 42.5 Å². The lowest BCUT2D eigenvalue weighted by atomic mass is 10.0. The molecule has 1 atom stereocenters. The van der Waals surface area contributed by atoms with Gasteiger partial charge in [0.25, 0.3) is 10.0 Å². The lowest BCUT2D eigenvalue weighted by Crippen LogP contribution is -2.49. The molecule has 1 N–H and O–H groups in total. The summed E-state index contributed by atoms with van der Waals surface area (Å²) in [5.74, 6) is 0.433. The van der Waals surface area contributed by atoms with Crippen LogP contribution >= 0.6 is 11.6 Å². The van der Waals surface area contributed by atoms with Gasteiger partial charge >= 0.3 is 0 Å². The normalized spacial score (nSPS) is 18.6. The molecule has 2 aliphatic rings. The van der Waals surface area contributed by atoms with Gasteiger partial charge in [-0.05, 0) is 42.3 Å². The summed E-state index contributed by atoms with van der Waals surface area (Å²) < 4.78 is 28.7. The molecule has 1 amide bonds. The van der Waals surface area contributed by atoms with E-state index in [4.69, 9.17) is 11.6 Å². The Morgan fingerprint density at radius 3 is 2.48 bits per heavy atom. The highest BCUT2D eigenvalue weighted by atomic mass is 35.5. The average molecular weight is 461 g/mol. The molecule has 1 saturated heterocycles. The van der Waals surface area contributed by atoms with E-state index in [1.54, 1.807) is 18.2 Å². The minimum atomic E-state index is -3.70. The van der Waals surface area contributed by atoms with Crippen LogP contribution in [0, 0.1) is 5.92 Å². The summed E-state index contributed by atoms with van der Waals surface area (Å²) in [7, 11) is -3.70. The van der Waals surface area contributed by atoms with Crippen LogP contribution < -0.4 is 10.2 Å². The van der Waals surface area contributed by atoms with Crippen molar-refractivity contribution in [3.05, 3.63) is 53.6 Å². The molecule has 2 heterocycles. The van der Waals surface area contributed by atoms with Gasteiger partial charge in [-0.1, -0.05) is 30.7 Å². The number of hydrogen-bond donors (Lipinski definition) is 1. The summed E-state index contributed by atoms with van der Waals surface area (Å²) in [6.45, 7) is 4.81. The number of rotatable bonds is 5. The molecule has 164 valence electrons. The summed E-state index contributed by atoms with van der Waals surface area (Å²) in [5, 5.41) is 3.80. The van der Waals surface area contributed by atoms with E-state index in [0.717, 1.165) is 18.8 Å². The first kappa shape index (κ1) is 21.6. The van der Waals surface area contributed by atoms with Gasteiger partial charge in [0.05, 0.1) is 5.69 Å². The third kappa shape index (κ3) is 5.02. The number of benzene rings is 2. The number of anilines is 2. The van der Waals surface area contributed by atoms with Gasteiger partial charge in [-0.15, -0.1) is 4.40 Å². The van der Waals surface area contributed by atoms with Gasteiger partial charge < -0.3 is 15.1 Å². The number of amides is 1. The predicted molar refractivity (Wildman–Crippen MR) is 123 cm³/mol. The fraction of sp³-hybridized carbons (Fsp3) is 0.364. The second-order valence-electron chi connectivity index (χ2n) is 7.99. The van der Waals surface area contributed by atoms with Gasteiger partial charge in [0.15, 0.2) is 0 Å². The Labute approximate surface area is 187 Å². The van der Waals surface area contributed by atoms with Crippen LogP contribution in [-0.4, -0.2) is 51.2 Å². The maximum absolute atomic E-state index is 12.8. The summed E-state index contributed by atoms with van der Waals surface area (Å²) in [6, 6.07) is 14.4. The molecule has 7 nitrogen and oxygen atoms in total. The topological polar surface area (TPSA) is 82.1 Å². The summed E-state index contributed by atoms with van der Waals surface area (Å²) in [6.07, 6.45) is 0.743. The van der Waals surface area contributed by atoms with Gasteiger partial charge in [0.1, 0.15) is 10.7 Å². The van der Waals surface area contributed by atoms with Crippen LogP contribution in [0.4, 0.5) is 11.4 Å². The molecule has 31 heavy (non-hydrogen) atoms. The molecule has 4 rings (SSSR count). The standard InChI is InChI=1S/C22H25ClN4O3S/c1-16(14-21-24-19-4-2-3-5-20(19)31(29,30)25-21)15-22(28)27-12-10-26(11-13-27)18-8-6-17(23)7-9-18/h2-9,16H,10-15H2,1H3,(H,24,25)/t16-/m1/s1. The highest BCUT2D eigenvalue weighted by molar-refractivity contribution is 7.90. The van der Waals surface area contributed by atoms with E-state index in [2.05, 4.69) is 14.6 Å². The van der Waals surface area contributed by atoms with Crippen molar-refractivity contribution in [3.8, 4) is 0 Å². The summed E-state index contributed by atoms with van der Waals surface area (Å²) >= 11 is 5.96. The molecular weight excluding hydrogens is 436 g/mol. The fourth-order valence-corrected chi connectivity index (χ4v) is 5.23. The molecule has 0 radical (unpaired) electrons. The SMILES string of the molecule is C[C@@H](CC(=O)N1CCN(c2ccc(Cl)cc2)CC1)CC1=NS(=O)(=O)c2ccccc2N1. The number of sulfonamides is 1. The number of halogens is 1. The molecular formula is C22H25ClN4O3S. The second-order valence-corrected chi connectivity index (χ2v) is 10.0. The van der Waals surface area contributed by atoms with Crippen LogP contribution in [0.2, 0.25) is 5.02 Å². The second kappa shape index (κ2) is 8.88. The lowest BCUT2D eigenvalue weighted by Gasteiger charge is -2.36. The molecule has 9 heteroatoms. The van der Waals surface area contributed by atoms with Crippen molar-refractivity contribution in [1.29, 1.82) is 0 Å². The van der Waals surface area contributed by atoms with Crippen molar-refractivity contribution >= 4 is 44.7 Å². The zero-order valence-corrected chi connectivity index (χ0v) is 18.9. The Hall–Kier alpha value is -2.58. The molecule has 1 fully saturated rings. The maximum Gasteiger partial charge on any atom is 0.286 e. The molecule has 0 bridgehead atoms. The molecule has 0 aliphatic carbocycles. The lowest BCUT2D eigenvalue weighted by molar-refractivity contribution is -0.132. The minimum absolute atomic E-state index is 0.0338. The maximum atomic E-state index is 12.8. The van der Waals surface area contributed by atoms with E-state index in [-0.39, 0.29) is 16.7 Å². The van der Waals surface area contributed by atoms with E-state index in [9.17, 15) is 13.2 Å².